The minimum absolute atomic E-state index is 0.107. The Hall–Kier alpha value is -1.92. The van der Waals surface area contributed by atoms with Gasteiger partial charge in [-0.15, -0.1) is 0 Å². The maximum absolute atomic E-state index is 12.9. The van der Waals surface area contributed by atoms with Gasteiger partial charge in [0.25, 0.3) is 10.0 Å². The molecule has 2 aromatic rings. The van der Waals surface area contributed by atoms with Gasteiger partial charge in [0.1, 0.15) is 5.82 Å². The van der Waals surface area contributed by atoms with Crippen molar-refractivity contribution in [1.82, 2.24) is 4.83 Å². The molecule has 0 aliphatic heterocycles. The standard InChI is InChI=1S/C14H12ClFN2O2S/c1-10-2-6-13(7-3-10)21(19,20)18-17-9-11-4-5-12(16)8-14(11)15/h2-9,18H,1H3/b17-9+. The monoisotopic (exact) mass is 326 g/mol. The van der Waals surface area contributed by atoms with E-state index in [1.54, 1.807) is 12.1 Å². The second-order valence-corrected chi connectivity index (χ2v) is 6.40. The van der Waals surface area contributed by atoms with E-state index in [1.165, 1.54) is 30.5 Å². The number of benzene rings is 2. The Balaban J connectivity index is 2.14. The molecule has 0 saturated carbocycles. The largest absolute Gasteiger partial charge is 0.276 e. The van der Waals surface area contributed by atoms with Crippen LogP contribution < -0.4 is 4.83 Å². The number of hydrogen-bond acceptors (Lipinski definition) is 3. The van der Waals surface area contributed by atoms with E-state index in [9.17, 15) is 12.8 Å². The summed E-state index contributed by atoms with van der Waals surface area (Å²) in [6.07, 6.45) is 1.22. The second-order valence-electron chi connectivity index (χ2n) is 4.33. The van der Waals surface area contributed by atoms with Gasteiger partial charge in [0, 0.05) is 5.56 Å². The van der Waals surface area contributed by atoms with Crippen molar-refractivity contribution in [2.24, 2.45) is 5.10 Å². The van der Waals surface area contributed by atoms with Crippen LogP contribution in [0.4, 0.5) is 4.39 Å². The molecule has 0 amide bonds. The molecule has 0 fully saturated rings. The van der Waals surface area contributed by atoms with Crippen molar-refractivity contribution in [3.05, 3.63) is 64.4 Å². The van der Waals surface area contributed by atoms with Crippen molar-refractivity contribution < 1.29 is 12.8 Å². The van der Waals surface area contributed by atoms with E-state index in [1.807, 2.05) is 6.92 Å². The lowest BCUT2D eigenvalue weighted by Crippen LogP contribution is -2.18. The van der Waals surface area contributed by atoms with Gasteiger partial charge in [-0.1, -0.05) is 29.3 Å². The van der Waals surface area contributed by atoms with Crippen LogP contribution in [0.1, 0.15) is 11.1 Å². The summed E-state index contributed by atoms with van der Waals surface area (Å²) in [4.78, 5) is 2.18. The van der Waals surface area contributed by atoms with E-state index in [-0.39, 0.29) is 9.92 Å². The summed E-state index contributed by atoms with van der Waals surface area (Å²) in [5.41, 5.74) is 1.36. The Morgan fingerprint density at radius 3 is 2.48 bits per heavy atom. The predicted octanol–water partition coefficient (Wildman–Crippen LogP) is 3.10. The van der Waals surface area contributed by atoms with Gasteiger partial charge in [-0.3, -0.25) is 0 Å². The van der Waals surface area contributed by atoms with Gasteiger partial charge in [0.05, 0.1) is 16.1 Å². The van der Waals surface area contributed by atoms with E-state index in [2.05, 4.69) is 9.93 Å². The first-order valence-corrected chi connectivity index (χ1v) is 7.81. The molecule has 2 rings (SSSR count). The van der Waals surface area contributed by atoms with E-state index in [4.69, 9.17) is 11.6 Å². The fraction of sp³-hybridized carbons (Fsp3) is 0.0714. The molecule has 0 aromatic heterocycles. The van der Waals surface area contributed by atoms with Crippen LogP contribution in [0.3, 0.4) is 0 Å². The summed E-state index contributed by atoms with van der Waals surface area (Å²) in [5, 5.41) is 3.78. The van der Waals surface area contributed by atoms with Crippen LogP contribution in [0.25, 0.3) is 0 Å². The third-order valence-corrected chi connectivity index (χ3v) is 4.24. The molecule has 1 N–H and O–H groups in total. The normalized spacial score (nSPS) is 11.8. The Morgan fingerprint density at radius 1 is 1.19 bits per heavy atom. The SMILES string of the molecule is Cc1ccc(S(=O)(=O)N/N=C/c2ccc(F)cc2Cl)cc1. The number of rotatable bonds is 4. The molecule has 4 nitrogen and oxygen atoms in total. The molecule has 0 saturated heterocycles. The topological polar surface area (TPSA) is 58.5 Å². The zero-order valence-corrected chi connectivity index (χ0v) is 12.6. The molecule has 7 heteroatoms. The smallest absolute Gasteiger partial charge is 0.207 e. The average Bonchev–Trinajstić information content (AvgIpc) is 2.41. The highest BCUT2D eigenvalue weighted by atomic mass is 35.5. The molecule has 0 spiro atoms. The summed E-state index contributed by atoms with van der Waals surface area (Å²) >= 11 is 5.81. The van der Waals surface area contributed by atoms with Crippen molar-refractivity contribution in [3.63, 3.8) is 0 Å². The molecular formula is C14H12ClFN2O2S. The van der Waals surface area contributed by atoms with Crippen molar-refractivity contribution in [3.8, 4) is 0 Å². The van der Waals surface area contributed by atoms with Crippen LogP contribution >= 0.6 is 11.6 Å². The quantitative estimate of drug-likeness (QED) is 0.693. The lowest BCUT2D eigenvalue weighted by Gasteiger charge is -2.03. The third kappa shape index (κ3) is 4.03. The van der Waals surface area contributed by atoms with Crippen molar-refractivity contribution in [2.75, 3.05) is 0 Å². The van der Waals surface area contributed by atoms with Crippen molar-refractivity contribution >= 4 is 27.8 Å². The lowest BCUT2D eigenvalue weighted by molar-refractivity contribution is 0.584. The van der Waals surface area contributed by atoms with Crippen LogP contribution in [0, 0.1) is 12.7 Å². The molecule has 0 atom stereocenters. The number of nitrogens with zero attached hydrogens (tertiary/aromatic N) is 1. The maximum atomic E-state index is 12.9. The molecule has 0 heterocycles. The number of sulfonamides is 1. The highest BCUT2D eigenvalue weighted by molar-refractivity contribution is 7.89. The summed E-state index contributed by atoms with van der Waals surface area (Å²) in [5.74, 6) is -0.475. The fourth-order valence-corrected chi connectivity index (χ4v) is 2.55. The Kier molecular flexibility index (Phi) is 4.59. The third-order valence-electron chi connectivity index (χ3n) is 2.67. The molecule has 0 bridgehead atoms. The molecule has 0 radical (unpaired) electrons. The highest BCUT2D eigenvalue weighted by Gasteiger charge is 2.11. The molecule has 0 aliphatic carbocycles. The summed E-state index contributed by atoms with van der Waals surface area (Å²) in [6, 6.07) is 10.1. The van der Waals surface area contributed by atoms with Gasteiger partial charge in [-0.25, -0.2) is 9.22 Å². The average molecular weight is 327 g/mol. The van der Waals surface area contributed by atoms with Gasteiger partial charge >= 0.3 is 0 Å². The summed E-state index contributed by atoms with van der Waals surface area (Å²) in [6.45, 7) is 1.86. The lowest BCUT2D eigenvalue weighted by atomic mass is 10.2. The summed E-state index contributed by atoms with van der Waals surface area (Å²) < 4.78 is 36.8. The molecule has 110 valence electrons. The fourth-order valence-electron chi connectivity index (χ4n) is 1.54. The van der Waals surface area contributed by atoms with E-state index in [0.717, 1.165) is 11.6 Å². The van der Waals surface area contributed by atoms with Crippen molar-refractivity contribution in [1.29, 1.82) is 0 Å². The number of hydrogen-bond donors (Lipinski definition) is 1. The van der Waals surface area contributed by atoms with Crippen LogP contribution in [-0.2, 0) is 10.0 Å². The molecule has 0 aliphatic rings. The van der Waals surface area contributed by atoms with Gasteiger partial charge in [0.15, 0.2) is 0 Å². The van der Waals surface area contributed by atoms with Crippen LogP contribution in [0.5, 0.6) is 0 Å². The minimum Gasteiger partial charge on any atom is -0.207 e. The van der Waals surface area contributed by atoms with E-state index < -0.39 is 15.8 Å². The molecule has 2 aromatic carbocycles. The Bertz CT molecular complexity index is 774. The molecule has 21 heavy (non-hydrogen) atoms. The number of nitrogens with one attached hydrogen (secondary N) is 1. The first-order chi connectivity index (χ1) is 9.88. The first kappa shape index (κ1) is 15.5. The zero-order valence-electron chi connectivity index (χ0n) is 11.0. The van der Waals surface area contributed by atoms with Gasteiger partial charge in [-0.2, -0.15) is 13.5 Å². The van der Waals surface area contributed by atoms with Crippen LogP contribution in [0.2, 0.25) is 5.02 Å². The van der Waals surface area contributed by atoms with Gasteiger partial charge in [0.2, 0.25) is 0 Å². The van der Waals surface area contributed by atoms with Gasteiger partial charge in [-0.05, 0) is 37.3 Å². The Labute approximate surface area is 127 Å². The van der Waals surface area contributed by atoms with E-state index in [0.29, 0.717) is 5.56 Å². The Morgan fingerprint density at radius 2 is 1.86 bits per heavy atom. The first-order valence-electron chi connectivity index (χ1n) is 5.95. The van der Waals surface area contributed by atoms with E-state index >= 15 is 0 Å². The molecule has 0 unspecified atom stereocenters. The highest BCUT2D eigenvalue weighted by Crippen LogP contribution is 2.15. The van der Waals surface area contributed by atoms with Crippen molar-refractivity contribution in [2.45, 2.75) is 11.8 Å². The molecular weight excluding hydrogens is 315 g/mol. The number of halogens is 2. The minimum atomic E-state index is -3.73. The number of hydrazone groups is 1. The van der Waals surface area contributed by atoms with Crippen LogP contribution in [0.15, 0.2) is 52.5 Å². The second kappa shape index (κ2) is 6.24. The predicted molar refractivity (Wildman–Crippen MR) is 80.5 cm³/mol. The maximum Gasteiger partial charge on any atom is 0.276 e. The van der Waals surface area contributed by atoms with Crippen LogP contribution in [-0.4, -0.2) is 14.6 Å². The summed E-state index contributed by atoms with van der Waals surface area (Å²) in [7, 11) is -3.73. The number of aryl methyl sites for hydroxylation is 1. The zero-order chi connectivity index (χ0) is 15.5. The van der Waals surface area contributed by atoms with Gasteiger partial charge < -0.3 is 0 Å².